The summed E-state index contributed by atoms with van der Waals surface area (Å²) in [4.78, 5) is 32.0. The Hall–Kier alpha value is -3.61. The van der Waals surface area contributed by atoms with Crippen LogP contribution in [-0.2, 0) is 14.4 Å². The first kappa shape index (κ1) is 29.5. The number of nitrogens with zero attached hydrogens (tertiary/aromatic N) is 5. The second kappa shape index (κ2) is 12.9. The maximum absolute atomic E-state index is 12.4. The van der Waals surface area contributed by atoms with Gasteiger partial charge in [-0.2, -0.15) is 0 Å². The number of ether oxygens (including phenoxy) is 2. The number of amides is 1. The van der Waals surface area contributed by atoms with Gasteiger partial charge in [0, 0.05) is 44.7 Å². The topological polar surface area (TPSA) is 104 Å². The Balaban J connectivity index is 1.26. The van der Waals surface area contributed by atoms with Gasteiger partial charge >= 0.3 is 0 Å². The third kappa shape index (κ3) is 6.22. The predicted octanol–water partition coefficient (Wildman–Crippen LogP) is 5.06. The largest absolute Gasteiger partial charge is 0.494 e. The highest BCUT2D eigenvalue weighted by molar-refractivity contribution is 6.42. The predicted molar refractivity (Wildman–Crippen MR) is 168 cm³/mol. The van der Waals surface area contributed by atoms with Gasteiger partial charge in [-0.1, -0.05) is 41.9 Å². The number of aromatic nitrogens is 2. The number of rotatable bonds is 9. The molecule has 2 N–H and O–H groups in total. The van der Waals surface area contributed by atoms with Crippen LogP contribution in [0, 0.1) is 0 Å². The van der Waals surface area contributed by atoms with Gasteiger partial charge in [0.15, 0.2) is 5.82 Å². The Morgan fingerprint density at radius 3 is 2.65 bits per heavy atom. The lowest BCUT2D eigenvalue weighted by Crippen LogP contribution is -2.56. The van der Waals surface area contributed by atoms with E-state index in [-0.39, 0.29) is 11.9 Å². The smallest absolute Gasteiger partial charge is 0.247 e. The maximum Gasteiger partial charge on any atom is 0.247 e. The van der Waals surface area contributed by atoms with Crippen LogP contribution in [0.1, 0.15) is 18.0 Å². The molecule has 0 aliphatic carbocycles. The monoisotopic (exact) mass is 625 g/mol. The summed E-state index contributed by atoms with van der Waals surface area (Å²) < 4.78 is 11.2. The van der Waals surface area contributed by atoms with E-state index >= 15 is 0 Å². The van der Waals surface area contributed by atoms with Crippen LogP contribution >= 0.6 is 23.2 Å². The van der Waals surface area contributed by atoms with Crippen LogP contribution in [0.2, 0.25) is 10.0 Å². The molecule has 4 heterocycles. The molecule has 0 saturated carbocycles. The molecular weight excluding hydrogens is 593 g/mol. The third-order valence-corrected chi connectivity index (χ3v) is 8.77. The third-order valence-electron chi connectivity index (χ3n) is 7.94. The Morgan fingerprint density at radius 1 is 1.12 bits per heavy atom. The molecule has 3 aliphatic rings. The van der Waals surface area contributed by atoms with Gasteiger partial charge in [-0.05, 0) is 23.8 Å². The SMILES string of the molecule is C=CC(=O)Nc1cc(Nc2cc(N3OCC[C@@H]3c3cccc(Cl)c3Cl)ncn2)c(OC)cc1N1CCN(C2COC2)CC1. The van der Waals surface area contributed by atoms with E-state index in [0.717, 1.165) is 57.1 Å². The van der Waals surface area contributed by atoms with Crippen molar-refractivity contribution in [3.8, 4) is 5.75 Å². The molecule has 3 fully saturated rings. The van der Waals surface area contributed by atoms with Gasteiger partial charge in [-0.3, -0.25) is 14.5 Å². The summed E-state index contributed by atoms with van der Waals surface area (Å²) in [6, 6.07) is 11.5. The van der Waals surface area contributed by atoms with E-state index in [2.05, 4.69) is 37.0 Å². The number of nitrogens with one attached hydrogen (secondary N) is 2. The van der Waals surface area contributed by atoms with E-state index in [9.17, 15) is 4.79 Å². The molecule has 43 heavy (non-hydrogen) atoms. The number of carbonyl (C=O) groups excluding carboxylic acids is 1. The first-order chi connectivity index (χ1) is 20.9. The maximum atomic E-state index is 12.4. The van der Waals surface area contributed by atoms with Crippen molar-refractivity contribution in [3.05, 3.63) is 71.0 Å². The highest BCUT2D eigenvalue weighted by Crippen LogP contribution is 2.41. The number of anilines is 5. The summed E-state index contributed by atoms with van der Waals surface area (Å²) >= 11 is 12.8. The number of hydrogen-bond donors (Lipinski definition) is 2. The van der Waals surface area contributed by atoms with Crippen molar-refractivity contribution >= 4 is 57.8 Å². The number of halogens is 2. The van der Waals surface area contributed by atoms with Gasteiger partial charge in [0.25, 0.3) is 0 Å². The van der Waals surface area contributed by atoms with E-state index in [1.807, 2.05) is 24.3 Å². The summed E-state index contributed by atoms with van der Waals surface area (Å²) in [6.07, 6.45) is 3.44. The fourth-order valence-electron chi connectivity index (χ4n) is 5.57. The van der Waals surface area contributed by atoms with Crippen molar-refractivity contribution in [3.63, 3.8) is 0 Å². The van der Waals surface area contributed by atoms with E-state index in [1.165, 1.54) is 12.4 Å². The molecule has 2 aromatic carbocycles. The van der Waals surface area contributed by atoms with Crippen molar-refractivity contribution in [1.29, 1.82) is 0 Å². The van der Waals surface area contributed by atoms with E-state index in [0.29, 0.717) is 51.5 Å². The van der Waals surface area contributed by atoms with Crippen LogP contribution in [0.3, 0.4) is 0 Å². The molecule has 0 bridgehead atoms. The van der Waals surface area contributed by atoms with Gasteiger partial charge in [0.2, 0.25) is 5.91 Å². The Labute approximate surface area is 260 Å². The fourth-order valence-corrected chi connectivity index (χ4v) is 6.01. The van der Waals surface area contributed by atoms with Crippen LogP contribution in [0.5, 0.6) is 5.75 Å². The van der Waals surface area contributed by atoms with E-state index in [1.54, 1.807) is 24.3 Å². The molecule has 6 rings (SSSR count). The van der Waals surface area contributed by atoms with Crippen LogP contribution < -0.4 is 25.3 Å². The molecule has 13 heteroatoms. The van der Waals surface area contributed by atoms with Gasteiger partial charge in [-0.25, -0.2) is 15.0 Å². The van der Waals surface area contributed by atoms with Crippen LogP contribution in [0.25, 0.3) is 0 Å². The number of piperazine rings is 1. The zero-order chi connectivity index (χ0) is 29.9. The summed E-state index contributed by atoms with van der Waals surface area (Å²) in [7, 11) is 1.61. The molecule has 3 aromatic rings. The second-order valence-electron chi connectivity index (χ2n) is 10.5. The lowest BCUT2D eigenvalue weighted by molar-refractivity contribution is -0.111. The fraction of sp³-hybridized carbons (Fsp3) is 0.367. The number of hydroxylamine groups is 1. The van der Waals surface area contributed by atoms with Gasteiger partial charge in [0.05, 0.1) is 66.1 Å². The molecule has 3 saturated heterocycles. The van der Waals surface area contributed by atoms with Crippen molar-refractivity contribution in [2.75, 3.05) is 73.7 Å². The minimum absolute atomic E-state index is 0.166. The molecule has 226 valence electrons. The molecule has 0 spiro atoms. The van der Waals surface area contributed by atoms with Crippen molar-refractivity contribution in [2.24, 2.45) is 0 Å². The first-order valence-corrected chi connectivity index (χ1v) is 14.9. The average Bonchev–Trinajstić information content (AvgIpc) is 3.48. The zero-order valence-electron chi connectivity index (χ0n) is 23.8. The lowest BCUT2D eigenvalue weighted by Gasteiger charge is -2.43. The Kier molecular flexibility index (Phi) is 8.87. The van der Waals surface area contributed by atoms with E-state index < -0.39 is 0 Å². The highest BCUT2D eigenvalue weighted by atomic mass is 35.5. The molecule has 3 aliphatic heterocycles. The van der Waals surface area contributed by atoms with Crippen LogP contribution in [0.15, 0.2) is 55.4 Å². The number of hydrogen-bond acceptors (Lipinski definition) is 10. The zero-order valence-corrected chi connectivity index (χ0v) is 25.3. The van der Waals surface area contributed by atoms with Crippen LogP contribution in [0.4, 0.5) is 28.7 Å². The van der Waals surface area contributed by atoms with Crippen molar-refractivity contribution < 1.29 is 19.1 Å². The molecular formula is C30H33Cl2N7O4. The number of benzene rings is 2. The minimum atomic E-state index is -0.302. The van der Waals surface area contributed by atoms with E-state index in [4.69, 9.17) is 37.5 Å². The highest BCUT2D eigenvalue weighted by Gasteiger charge is 2.32. The quantitative estimate of drug-likeness (QED) is 0.313. The van der Waals surface area contributed by atoms with Gasteiger partial charge < -0.3 is 25.0 Å². The summed E-state index contributed by atoms with van der Waals surface area (Å²) in [5.74, 6) is 1.37. The second-order valence-corrected chi connectivity index (χ2v) is 11.3. The minimum Gasteiger partial charge on any atom is -0.494 e. The summed E-state index contributed by atoms with van der Waals surface area (Å²) in [5.41, 5.74) is 3.00. The lowest BCUT2D eigenvalue weighted by atomic mass is 10.0. The van der Waals surface area contributed by atoms with Gasteiger partial charge in [0.1, 0.15) is 17.9 Å². The summed E-state index contributed by atoms with van der Waals surface area (Å²) in [5, 5.41) is 9.02. The van der Waals surface area contributed by atoms with Gasteiger partial charge in [-0.15, -0.1) is 0 Å². The standard InChI is InChI=1S/C30H33Cl2N7O4/c1-3-29(40)36-22-13-23(26(41-2)14-25(22)38-10-8-37(9-11-38)19-16-42-17-19)35-27-15-28(34-18-33-27)39-24(7-12-43-39)20-5-4-6-21(31)30(20)32/h3-6,13-15,18-19,24H,1,7-12,16-17H2,2H3,(H,36,40)(H,33,34,35)/t24-/m1/s1. The molecule has 11 nitrogen and oxygen atoms in total. The number of carbonyl (C=O) groups is 1. The molecule has 1 amide bonds. The van der Waals surface area contributed by atoms with Crippen molar-refractivity contribution in [1.82, 2.24) is 14.9 Å². The number of methoxy groups -OCH3 is 1. The molecule has 1 aromatic heterocycles. The Morgan fingerprint density at radius 2 is 1.93 bits per heavy atom. The van der Waals surface area contributed by atoms with Crippen molar-refractivity contribution in [2.45, 2.75) is 18.5 Å². The van der Waals surface area contributed by atoms with Crippen LogP contribution in [-0.4, -0.2) is 79.9 Å². The average molecular weight is 627 g/mol. The normalized spacial score (nSPS) is 19.2. The molecule has 1 atom stereocenters. The summed E-state index contributed by atoms with van der Waals surface area (Å²) in [6.45, 7) is 9.15. The molecule has 0 unspecified atom stereocenters. The first-order valence-electron chi connectivity index (χ1n) is 14.1. The molecule has 0 radical (unpaired) electrons. The Bertz CT molecular complexity index is 1500.